The number of pyridine rings is 1. The van der Waals surface area contributed by atoms with E-state index in [9.17, 15) is 9.59 Å². The molecule has 1 saturated carbocycles. The van der Waals surface area contributed by atoms with Gasteiger partial charge in [-0.15, -0.1) is 0 Å². The SMILES string of the molecule is Cc1ccc(N(CCCN2CC3=CN(C(=O)c4c(C)ccnc4C)CC3C2)C(=O)NC2CCCCC2)cc1Cl. The van der Waals surface area contributed by atoms with E-state index in [4.69, 9.17) is 11.6 Å². The number of anilines is 1. The van der Waals surface area contributed by atoms with Gasteiger partial charge in [-0.25, -0.2) is 4.79 Å². The maximum Gasteiger partial charge on any atom is 0.322 e. The number of aromatic nitrogens is 1. The molecule has 1 aliphatic carbocycles. The van der Waals surface area contributed by atoms with E-state index in [0.29, 0.717) is 23.0 Å². The fourth-order valence-corrected chi connectivity index (χ4v) is 6.39. The van der Waals surface area contributed by atoms with Crippen LogP contribution in [0.5, 0.6) is 0 Å². The van der Waals surface area contributed by atoms with Crippen molar-refractivity contribution in [3.8, 4) is 0 Å². The van der Waals surface area contributed by atoms with Crippen molar-refractivity contribution < 1.29 is 9.59 Å². The summed E-state index contributed by atoms with van der Waals surface area (Å²) in [6, 6.07) is 8.00. The molecular formula is C31H40ClN5O2. The molecule has 2 aliphatic heterocycles. The fourth-order valence-electron chi connectivity index (χ4n) is 6.21. The van der Waals surface area contributed by atoms with Crippen LogP contribution in [0, 0.1) is 26.7 Å². The van der Waals surface area contributed by atoms with Gasteiger partial charge >= 0.3 is 6.03 Å². The lowest BCUT2D eigenvalue weighted by Crippen LogP contribution is -2.46. The Morgan fingerprint density at radius 2 is 1.87 bits per heavy atom. The number of likely N-dealkylation sites (tertiary alicyclic amines) is 1. The van der Waals surface area contributed by atoms with Gasteiger partial charge in [-0.2, -0.15) is 0 Å². The molecule has 0 spiro atoms. The van der Waals surface area contributed by atoms with Crippen LogP contribution in [0.1, 0.15) is 65.7 Å². The monoisotopic (exact) mass is 549 g/mol. The second kappa shape index (κ2) is 12.1. The first-order chi connectivity index (χ1) is 18.8. The highest BCUT2D eigenvalue weighted by molar-refractivity contribution is 6.31. The number of hydrogen-bond donors (Lipinski definition) is 1. The number of rotatable bonds is 7. The number of urea groups is 1. The molecule has 0 bridgehead atoms. The third-order valence-corrected chi connectivity index (χ3v) is 8.88. The highest BCUT2D eigenvalue weighted by Crippen LogP contribution is 2.31. The van der Waals surface area contributed by atoms with Gasteiger partial charge in [0.2, 0.25) is 0 Å². The average Bonchev–Trinajstić information content (AvgIpc) is 3.48. The van der Waals surface area contributed by atoms with E-state index in [2.05, 4.69) is 21.4 Å². The number of hydrogen-bond acceptors (Lipinski definition) is 4. The zero-order valence-corrected chi connectivity index (χ0v) is 24.1. The van der Waals surface area contributed by atoms with E-state index in [1.165, 1.54) is 24.8 Å². The zero-order valence-electron chi connectivity index (χ0n) is 23.4. The highest BCUT2D eigenvalue weighted by Gasteiger charge is 2.36. The summed E-state index contributed by atoms with van der Waals surface area (Å²) in [6.45, 7) is 9.89. The Kier molecular flexibility index (Phi) is 8.57. The topological polar surface area (TPSA) is 68.8 Å². The maximum atomic E-state index is 13.4. The summed E-state index contributed by atoms with van der Waals surface area (Å²) in [5, 5.41) is 3.96. The number of aryl methyl sites for hydroxylation is 3. The van der Waals surface area contributed by atoms with Gasteiger partial charge in [0.05, 0.1) is 11.3 Å². The molecule has 7 nitrogen and oxygen atoms in total. The highest BCUT2D eigenvalue weighted by atomic mass is 35.5. The van der Waals surface area contributed by atoms with Crippen molar-refractivity contribution in [3.63, 3.8) is 0 Å². The number of carbonyl (C=O) groups is 2. The van der Waals surface area contributed by atoms with E-state index in [1.54, 1.807) is 6.20 Å². The van der Waals surface area contributed by atoms with Gasteiger partial charge in [0.1, 0.15) is 0 Å². The third kappa shape index (κ3) is 6.30. The largest absolute Gasteiger partial charge is 0.335 e. The molecule has 5 rings (SSSR count). The summed E-state index contributed by atoms with van der Waals surface area (Å²) in [7, 11) is 0. The first-order valence-electron chi connectivity index (χ1n) is 14.3. The Labute approximate surface area is 237 Å². The molecule has 1 unspecified atom stereocenters. The predicted molar refractivity (Wildman–Crippen MR) is 156 cm³/mol. The van der Waals surface area contributed by atoms with Gasteiger partial charge in [0.25, 0.3) is 5.91 Å². The number of benzene rings is 1. The van der Waals surface area contributed by atoms with Crippen LogP contribution in [0.25, 0.3) is 0 Å². The van der Waals surface area contributed by atoms with Gasteiger partial charge in [-0.05, 0) is 74.9 Å². The molecule has 2 fully saturated rings. The standard InChI is InChI=1S/C31H40ClN5O2/c1-21-10-11-27(16-28(21)32)37(31(39)34-26-8-5-4-6-9-26)15-7-14-35-17-24-19-36(20-25(24)18-35)30(38)29-22(2)12-13-33-23(29)3/h10-13,16,19,25-26H,4-9,14-15,17-18,20H2,1-3H3,(H,34,39). The lowest BCUT2D eigenvalue weighted by Gasteiger charge is -2.29. The van der Waals surface area contributed by atoms with Crippen molar-refractivity contribution in [3.05, 3.63) is 69.6 Å². The summed E-state index contributed by atoms with van der Waals surface area (Å²) in [4.78, 5) is 37.1. The number of nitrogens with one attached hydrogen (secondary N) is 1. The molecule has 0 radical (unpaired) electrons. The van der Waals surface area contributed by atoms with Crippen LogP contribution >= 0.6 is 11.6 Å². The molecule has 208 valence electrons. The molecule has 8 heteroatoms. The predicted octanol–water partition coefficient (Wildman–Crippen LogP) is 5.87. The molecule has 3 aliphatic rings. The second-order valence-electron chi connectivity index (χ2n) is 11.4. The van der Waals surface area contributed by atoms with Crippen molar-refractivity contribution in [2.45, 2.75) is 65.3 Å². The van der Waals surface area contributed by atoms with Gasteiger partial charge in [0, 0.05) is 67.8 Å². The van der Waals surface area contributed by atoms with E-state index >= 15 is 0 Å². The first kappa shape index (κ1) is 27.7. The molecule has 1 aromatic carbocycles. The Morgan fingerprint density at radius 3 is 2.59 bits per heavy atom. The van der Waals surface area contributed by atoms with Crippen LogP contribution in [-0.4, -0.2) is 65.5 Å². The summed E-state index contributed by atoms with van der Waals surface area (Å²) < 4.78 is 0. The summed E-state index contributed by atoms with van der Waals surface area (Å²) >= 11 is 6.43. The first-order valence-corrected chi connectivity index (χ1v) is 14.7. The van der Waals surface area contributed by atoms with Gasteiger partial charge in [0.15, 0.2) is 0 Å². The lowest BCUT2D eigenvalue weighted by atomic mass is 9.96. The number of carbonyl (C=O) groups excluding carboxylic acids is 2. The molecule has 3 heterocycles. The van der Waals surface area contributed by atoms with Crippen molar-refractivity contribution in [1.29, 1.82) is 0 Å². The maximum absolute atomic E-state index is 13.4. The van der Waals surface area contributed by atoms with Gasteiger partial charge in [-0.1, -0.05) is 36.9 Å². The van der Waals surface area contributed by atoms with Crippen molar-refractivity contribution >= 4 is 29.2 Å². The minimum absolute atomic E-state index is 0.0297. The van der Waals surface area contributed by atoms with E-state index in [0.717, 1.165) is 67.9 Å². The van der Waals surface area contributed by atoms with Crippen molar-refractivity contribution in [2.75, 3.05) is 37.6 Å². The minimum atomic E-state index is -0.0297. The second-order valence-corrected chi connectivity index (χ2v) is 11.8. The molecule has 1 aromatic heterocycles. The smallest absolute Gasteiger partial charge is 0.322 e. The number of nitrogens with zero attached hydrogens (tertiary/aromatic N) is 4. The average molecular weight is 550 g/mol. The molecule has 1 atom stereocenters. The lowest BCUT2D eigenvalue weighted by molar-refractivity contribution is 0.0818. The minimum Gasteiger partial charge on any atom is -0.335 e. The molecule has 3 amide bonds. The van der Waals surface area contributed by atoms with Crippen molar-refractivity contribution in [1.82, 2.24) is 20.1 Å². The number of fused-ring (bicyclic) bond motifs is 1. The zero-order chi connectivity index (χ0) is 27.5. The quantitative estimate of drug-likeness (QED) is 0.469. The fraction of sp³-hybridized carbons (Fsp3) is 0.516. The van der Waals surface area contributed by atoms with Crippen molar-refractivity contribution in [2.24, 2.45) is 5.92 Å². The van der Waals surface area contributed by atoms with Crippen LogP contribution in [0.4, 0.5) is 10.5 Å². The Hall–Kier alpha value is -2.90. The molecule has 1 saturated heterocycles. The van der Waals surface area contributed by atoms with Crippen LogP contribution in [0.3, 0.4) is 0 Å². The number of amides is 3. The van der Waals surface area contributed by atoms with Crippen LogP contribution in [0.15, 0.2) is 42.2 Å². The summed E-state index contributed by atoms with van der Waals surface area (Å²) in [5.74, 6) is 0.413. The Morgan fingerprint density at radius 1 is 1.08 bits per heavy atom. The summed E-state index contributed by atoms with van der Waals surface area (Å²) in [6.07, 6.45) is 10.4. The van der Waals surface area contributed by atoms with Gasteiger partial charge < -0.3 is 10.2 Å². The molecule has 1 N–H and O–H groups in total. The van der Waals surface area contributed by atoms with Crippen LogP contribution in [0.2, 0.25) is 5.02 Å². The van der Waals surface area contributed by atoms with Crippen LogP contribution in [-0.2, 0) is 0 Å². The van der Waals surface area contributed by atoms with E-state index in [1.807, 2.05) is 54.8 Å². The van der Waals surface area contributed by atoms with E-state index in [-0.39, 0.29) is 18.0 Å². The molecule has 39 heavy (non-hydrogen) atoms. The van der Waals surface area contributed by atoms with E-state index < -0.39 is 0 Å². The molecular weight excluding hydrogens is 510 g/mol. The summed E-state index contributed by atoms with van der Waals surface area (Å²) in [5.41, 5.74) is 5.63. The third-order valence-electron chi connectivity index (χ3n) is 8.47. The Balaban J connectivity index is 1.19. The van der Waals surface area contributed by atoms with Gasteiger partial charge in [-0.3, -0.25) is 19.6 Å². The Bertz CT molecular complexity index is 1240. The normalized spacial score (nSPS) is 19.6. The number of halogens is 1. The van der Waals surface area contributed by atoms with Crippen LogP contribution < -0.4 is 10.2 Å². The molecule has 2 aromatic rings.